The third-order valence-electron chi connectivity index (χ3n) is 5.84. The lowest BCUT2D eigenvalue weighted by Gasteiger charge is -2.35. The number of piperidine rings is 1. The summed E-state index contributed by atoms with van der Waals surface area (Å²) in [5, 5.41) is 9.20. The van der Waals surface area contributed by atoms with E-state index < -0.39 is 0 Å². The van der Waals surface area contributed by atoms with Crippen molar-refractivity contribution in [2.75, 3.05) is 29.4 Å². The number of carbonyl (C=O) groups excluding carboxylic acids is 2. The van der Waals surface area contributed by atoms with E-state index in [1.54, 1.807) is 25.1 Å². The molecule has 2 aliphatic heterocycles. The number of anilines is 2. The highest BCUT2D eigenvalue weighted by molar-refractivity contribution is 6.00. The lowest BCUT2D eigenvalue weighted by molar-refractivity contribution is -0.122. The van der Waals surface area contributed by atoms with Gasteiger partial charge in [-0.1, -0.05) is 18.2 Å². The molecule has 0 aliphatic carbocycles. The monoisotopic (exact) mass is 373 g/mol. The molecular formula is C23H23N3O2. The number of rotatable bonds is 3. The number of amides is 1. The number of fused-ring (bicyclic) bond motifs is 1. The highest BCUT2D eigenvalue weighted by Crippen LogP contribution is 2.33. The number of carbonyl (C=O) groups is 2. The Morgan fingerprint density at radius 2 is 1.79 bits per heavy atom. The Labute approximate surface area is 165 Å². The average Bonchev–Trinajstić information content (AvgIpc) is 3.17. The Morgan fingerprint density at radius 1 is 1.04 bits per heavy atom. The molecule has 0 unspecified atom stereocenters. The lowest BCUT2D eigenvalue weighted by Crippen LogP contribution is -2.42. The highest BCUT2D eigenvalue weighted by Gasteiger charge is 2.32. The molecule has 5 nitrogen and oxygen atoms in total. The smallest absolute Gasteiger partial charge is 0.230 e. The molecule has 2 aromatic rings. The molecule has 1 amide bonds. The Morgan fingerprint density at radius 3 is 2.50 bits per heavy atom. The summed E-state index contributed by atoms with van der Waals surface area (Å²) in [6.45, 7) is 3.73. The maximum absolute atomic E-state index is 13.1. The zero-order chi connectivity index (χ0) is 19.7. The van der Waals surface area contributed by atoms with Crippen molar-refractivity contribution in [3.05, 3.63) is 59.2 Å². The van der Waals surface area contributed by atoms with E-state index >= 15 is 0 Å². The SMILES string of the molecule is CC(=O)c1ccc(C#N)cc1N1CCC(C(=O)N2CCc3ccccc32)CC1. The maximum Gasteiger partial charge on any atom is 0.230 e. The standard InChI is InChI=1S/C23H23N3O2/c1-16(27)20-7-6-17(15-24)14-22(20)25-11-8-19(9-12-25)23(28)26-13-10-18-4-2-3-5-21(18)26/h2-7,14,19H,8-13H2,1H3. The van der Waals surface area contributed by atoms with Crippen LogP contribution in [0.1, 0.15) is 41.3 Å². The third-order valence-corrected chi connectivity index (χ3v) is 5.84. The normalized spacial score (nSPS) is 16.6. The van der Waals surface area contributed by atoms with Crippen LogP contribution in [0.3, 0.4) is 0 Å². The van der Waals surface area contributed by atoms with E-state index in [0.717, 1.165) is 37.2 Å². The van der Waals surface area contributed by atoms with Gasteiger partial charge in [0.2, 0.25) is 5.91 Å². The molecule has 0 saturated carbocycles. The van der Waals surface area contributed by atoms with Crippen LogP contribution in [-0.4, -0.2) is 31.3 Å². The van der Waals surface area contributed by atoms with Crippen molar-refractivity contribution in [2.24, 2.45) is 5.92 Å². The third kappa shape index (κ3) is 3.27. The molecule has 0 atom stereocenters. The second kappa shape index (κ2) is 7.47. The Kier molecular flexibility index (Phi) is 4.87. The molecule has 142 valence electrons. The molecule has 2 aliphatic rings. The van der Waals surface area contributed by atoms with Crippen LogP contribution in [-0.2, 0) is 11.2 Å². The van der Waals surface area contributed by atoms with Crippen LogP contribution in [0, 0.1) is 17.2 Å². The van der Waals surface area contributed by atoms with Crippen molar-refractivity contribution < 1.29 is 9.59 Å². The van der Waals surface area contributed by atoms with Gasteiger partial charge in [0.25, 0.3) is 0 Å². The van der Waals surface area contributed by atoms with Crippen LogP contribution >= 0.6 is 0 Å². The molecular weight excluding hydrogens is 350 g/mol. The lowest BCUT2D eigenvalue weighted by atomic mass is 9.93. The van der Waals surface area contributed by atoms with Gasteiger partial charge in [0.1, 0.15) is 0 Å². The van der Waals surface area contributed by atoms with Gasteiger partial charge in [-0.3, -0.25) is 9.59 Å². The van der Waals surface area contributed by atoms with Gasteiger partial charge in [0.05, 0.1) is 11.6 Å². The zero-order valence-corrected chi connectivity index (χ0v) is 16.0. The summed E-state index contributed by atoms with van der Waals surface area (Å²) in [6.07, 6.45) is 2.43. The van der Waals surface area contributed by atoms with E-state index in [9.17, 15) is 14.9 Å². The van der Waals surface area contributed by atoms with Gasteiger partial charge in [-0.15, -0.1) is 0 Å². The molecule has 2 aromatic carbocycles. The fraction of sp³-hybridized carbons (Fsp3) is 0.348. The Hall–Kier alpha value is -3.13. The number of hydrogen-bond acceptors (Lipinski definition) is 4. The van der Waals surface area contributed by atoms with Crippen molar-refractivity contribution in [1.29, 1.82) is 5.26 Å². The Balaban J connectivity index is 1.48. The number of benzene rings is 2. The predicted octanol–water partition coefficient (Wildman–Crippen LogP) is 3.57. The number of para-hydroxylation sites is 1. The van der Waals surface area contributed by atoms with E-state index in [4.69, 9.17) is 0 Å². The first kappa shape index (κ1) is 18.2. The molecule has 0 spiro atoms. The quantitative estimate of drug-likeness (QED) is 0.772. The van der Waals surface area contributed by atoms with Gasteiger partial charge in [-0.2, -0.15) is 5.26 Å². The molecule has 2 heterocycles. The van der Waals surface area contributed by atoms with E-state index in [2.05, 4.69) is 17.0 Å². The van der Waals surface area contributed by atoms with Gasteiger partial charge in [-0.05, 0) is 56.0 Å². The van der Waals surface area contributed by atoms with Gasteiger partial charge < -0.3 is 9.80 Å². The second-order valence-corrected chi connectivity index (χ2v) is 7.53. The number of nitriles is 1. The van der Waals surface area contributed by atoms with Gasteiger partial charge in [0.15, 0.2) is 5.78 Å². The molecule has 1 saturated heterocycles. The second-order valence-electron chi connectivity index (χ2n) is 7.53. The van der Waals surface area contributed by atoms with Crippen LogP contribution < -0.4 is 9.80 Å². The Bertz CT molecular complexity index is 968. The summed E-state index contributed by atoms with van der Waals surface area (Å²) < 4.78 is 0. The molecule has 0 bridgehead atoms. The molecule has 28 heavy (non-hydrogen) atoms. The summed E-state index contributed by atoms with van der Waals surface area (Å²) >= 11 is 0. The van der Waals surface area contributed by atoms with Gasteiger partial charge in [-0.25, -0.2) is 0 Å². The van der Waals surface area contributed by atoms with Crippen LogP contribution in [0.4, 0.5) is 11.4 Å². The minimum atomic E-state index is -0.00800. The van der Waals surface area contributed by atoms with E-state index in [-0.39, 0.29) is 17.6 Å². The molecule has 0 N–H and O–H groups in total. The molecule has 5 heteroatoms. The van der Waals surface area contributed by atoms with Gasteiger partial charge in [0, 0.05) is 42.5 Å². The largest absolute Gasteiger partial charge is 0.371 e. The summed E-state index contributed by atoms with van der Waals surface area (Å²) in [7, 11) is 0. The highest BCUT2D eigenvalue weighted by atomic mass is 16.2. The predicted molar refractivity (Wildman–Crippen MR) is 109 cm³/mol. The van der Waals surface area contributed by atoms with Crippen LogP contribution in [0.25, 0.3) is 0 Å². The molecule has 4 rings (SSSR count). The van der Waals surface area contributed by atoms with Crippen molar-refractivity contribution in [3.8, 4) is 6.07 Å². The number of ketones is 1. The topological polar surface area (TPSA) is 64.4 Å². The van der Waals surface area contributed by atoms with E-state index in [1.807, 2.05) is 23.1 Å². The van der Waals surface area contributed by atoms with Crippen LogP contribution in [0.15, 0.2) is 42.5 Å². The first-order valence-electron chi connectivity index (χ1n) is 9.78. The van der Waals surface area contributed by atoms with Crippen molar-refractivity contribution >= 4 is 23.1 Å². The van der Waals surface area contributed by atoms with Crippen molar-refractivity contribution in [2.45, 2.75) is 26.2 Å². The minimum Gasteiger partial charge on any atom is -0.371 e. The first-order chi connectivity index (χ1) is 13.6. The number of hydrogen-bond donors (Lipinski definition) is 0. The number of nitrogens with zero attached hydrogens (tertiary/aromatic N) is 3. The zero-order valence-electron chi connectivity index (χ0n) is 16.0. The average molecular weight is 373 g/mol. The maximum atomic E-state index is 13.1. The minimum absolute atomic E-state index is 0.00216. The van der Waals surface area contributed by atoms with E-state index in [0.29, 0.717) is 24.2 Å². The summed E-state index contributed by atoms with van der Waals surface area (Å²) in [6, 6.07) is 15.5. The van der Waals surface area contributed by atoms with Gasteiger partial charge >= 0.3 is 0 Å². The molecule has 0 radical (unpaired) electrons. The molecule has 1 fully saturated rings. The van der Waals surface area contributed by atoms with Crippen molar-refractivity contribution in [3.63, 3.8) is 0 Å². The van der Waals surface area contributed by atoms with E-state index in [1.165, 1.54) is 5.56 Å². The van der Waals surface area contributed by atoms with Crippen molar-refractivity contribution in [1.82, 2.24) is 0 Å². The first-order valence-corrected chi connectivity index (χ1v) is 9.78. The van der Waals surface area contributed by atoms with Crippen LogP contribution in [0.5, 0.6) is 0 Å². The fourth-order valence-corrected chi connectivity index (χ4v) is 4.32. The fourth-order valence-electron chi connectivity index (χ4n) is 4.32. The summed E-state index contributed by atoms with van der Waals surface area (Å²) in [5.41, 5.74) is 4.29. The molecule has 0 aromatic heterocycles. The van der Waals surface area contributed by atoms with Crippen LogP contribution in [0.2, 0.25) is 0 Å². The summed E-state index contributed by atoms with van der Waals surface area (Å²) in [5.74, 6) is 0.205. The summed E-state index contributed by atoms with van der Waals surface area (Å²) in [4.78, 5) is 29.2. The number of Topliss-reactive ketones (excluding diaryl/α,β-unsaturated/α-hetero) is 1.